The summed E-state index contributed by atoms with van der Waals surface area (Å²) in [6, 6.07) is 0. The lowest BCUT2D eigenvalue weighted by Crippen LogP contribution is -1.42. The summed E-state index contributed by atoms with van der Waals surface area (Å²) in [5.74, 6) is 0. The smallest absolute Gasteiger partial charge is 0.106 e. The van der Waals surface area contributed by atoms with E-state index in [0.29, 0.717) is 0 Å². The van der Waals surface area contributed by atoms with Crippen LogP contribution < -0.4 is 0 Å². The molecule has 0 unspecified atom stereocenters. The first kappa shape index (κ1) is 10.4. The van der Waals surface area contributed by atoms with E-state index in [1.165, 1.54) is 12.2 Å². The average Bonchev–Trinajstić information content (AvgIpc) is 1.35. The van der Waals surface area contributed by atoms with E-state index >= 15 is 0 Å². The molecule has 7 heavy (non-hydrogen) atoms. The Morgan fingerprint density at radius 1 is 1.43 bits per heavy atom. The highest BCUT2D eigenvalue weighted by Crippen LogP contribution is 2.04. The zero-order chi connectivity index (χ0) is 4.99. The lowest BCUT2D eigenvalue weighted by atomic mass is 10.6. The highest BCUT2D eigenvalue weighted by molar-refractivity contribution is 6.55. The monoisotopic (exact) mass is 158 g/mol. The number of rotatable bonds is 1. The topological polar surface area (TPSA) is 0 Å². The third-order valence-corrected chi connectivity index (χ3v) is 0.496. The van der Waals surface area contributed by atoms with Crippen molar-refractivity contribution >= 4 is 35.6 Å². The molecule has 0 fully saturated rings. The highest BCUT2D eigenvalue weighted by Gasteiger charge is 1.71. The maximum Gasteiger partial charge on any atom is 0.106 e. The molecule has 0 aliphatic rings. The Morgan fingerprint density at radius 3 is 1.86 bits per heavy atom. The molecule has 0 rings (SSSR count). The zero-order valence-corrected chi connectivity index (χ0v) is 5.85. The van der Waals surface area contributed by atoms with Crippen molar-refractivity contribution < 1.29 is 0 Å². The quantitative estimate of drug-likeness (QED) is 0.516. The van der Waals surface area contributed by atoms with Crippen molar-refractivity contribution in [1.29, 1.82) is 0 Å². The Balaban J connectivity index is 0. The minimum absolute atomic E-state index is 0. The van der Waals surface area contributed by atoms with Crippen LogP contribution in [0.1, 0.15) is 0 Å². The first-order valence-electron chi connectivity index (χ1n) is 1.41. The summed E-state index contributed by atoms with van der Waals surface area (Å²) in [6.07, 6.45) is 3.03. The molecule has 42 valence electrons. The van der Waals surface area contributed by atoms with Crippen LogP contribution in [0.3, 0.4) is 0 Å². The molecule has 3 heteroatoms. The van der Waals surface area contributed by atoms with E-state index in [4.69, 9.17) is 23.2 Å². The molecular formula is C4H5Cl3. The molecule has 0 N–H and O–H groups in total. The van der Waals surface area contributed by atoms with E-state index in [9.17, 15) is 0 Å². The molecule has 0 aromatic rings. The van der Waals surface area contributed by atoms with E-state index in [2.05, 4.69) is 6.58 Å². The van der Waals surface area contributed by atoms with Crippen molar-refractivity contribution in [3.05, 3.63) is 23.2 Å². The lowest BCUT2D eigenvalue weighted by Gasteiger charge is -1.69. The van der Waals surface area contributed by atoms with Crippen LogP contribution in [-0.4, -0.2) is 0 Å². The standard InChI is InChI=1S/C4H4Cl2.ClH/c1-2-3-4(5)6;/h2-3H,1H2;1H. The van der Waals surface area contributed by atoms with Crippen molar-refractivity contribution in [2.75, 3.05) is 0 Å². The molecular weight excluding hydrogens is 154 g/mol. The minimum atomic E-state index is 0. The molecule has 0 aliphatic carbocycles. The maximum atomic E-state index is 5.13. The SMILES string of the molecule is C=CC=C(Cl)Cl.Cl. The number of hydrogen-bond donors (Lipinski definition) is 0. The summed E-state index contributed by atoms with van der Waals surface area (Å²) >= 11 is 10.3. The van der Waals surface area contributed by atoms with E-state index in [1.807, 2.05) is 0 Å². The first-order valence-corrected chi connectivity index (χ1v) is 2.16. The second-order valence-electron chi connectivity index (χ2n) is 0.692. The van der Waals surface area contributed by atoms with E-state index < -0.39 is 0 Å². The average molecular weight is 159 g/mol. The third-order valence-electron chi connectivity index (χ3n) is 0.244. The Kier molecular flexibility index (Phi) is 9.39. The largest absolute Gasteiger partial charge is 0.147 e. The van der Waals surface area contributed by atoms with Gasteiger partial charge in [0.25, 0.3) is 0 Å². The molecule has 0 nitrogen and oxygen atoms in total. The summed E-state index contributed by atoms with van der Waals surface area (Å²) in [5.41, 5.74) is 0. The number of hydrogen-bond acceptors (Lipinski definition) is 0. The molecule has 0 aromatic carbocycles. The fourth-order valence-electron chi connectivity index (χ4n) is 0.0891. The van der Waals surface area contributed by atoms with Gasteiger partial charge in [-0.3, -0.25) is 0 Å². The van der Waals surface area contributed by atoms with Crippen LogP contribution in [-0.2, 0) is 0 Å². The molecule has 0 spiro atoms. The van der Waals surface area contributed by atoms with Gasteiger partial charge in [0.1, 0.15) is 4.49 Å². The highest BCUT2D eigenvalue weighted by atomic mass is 35.5. The normalized spacial score (nSPS) is 6.00. The van der Waals surface area contributed by atoms with Gasteiger partial charge in [0.2, 0.25) is 0 Å². The molecule has 0 saturated heterocycles. The Bertz CT molecular complexity index is 71.0. The van der Waals surface area contributed by atoms with Gasteiger partial charge in [-0.25, -0.2) is 0 Å². The maximum absolute atomic E-state index is 5.13. The summed E-state index contributed by atoms with van der Waals surface area (Å²) in [5, 5.41) is 0. The summed E-state index contributed by atoms with van der Waals surface area (Å²) in [6.45, 7) is 3.36. The Hall–Kier alpha value is 0.350. The van der Waals surface area contributed by atoms with Crippen molar-refractivity contribution in [1.82, 2.24) is 0 Å². The fraction of sp³-hybridized carbons (Fsp3) is 0. The lowest BCUT2D eigenvalue weighted by molar-refractivity contribution is 2.06. The van der Waals surface area contributed by atoms with Crippen LogP contribution in [0, 0.1) is 0 Å². The van der Waals surface area contributed by atoms with Crippen LogP contribution in [0.5, 0.6) is 0 Å². The summed E-state index contributed by atoms with van der Waals surface area (Å²) < 4.78 is 0.241. The summed E-state index contributed by atoms with van der Waals surface area (Å²) in [4.78, 5) is 0. The molecule has 0 heterocycles. The van der Waals surface area contributed by atoms with Crippen molar-refractivity contribution in [3.8, 4) is 0 Å². The van der Waals surface area contributed by atoms with Gasteiger partial charge in [-0.15, -0.1) is 12.4 Å². The van der Waals surface area contributed by atoms with Gasteiger partial charge in [-0.2, -0.15) is 0 Å². The Labute approximate surface area is 59.2 Å². The van der Waals surface area contributed by atoms with Gasteiger partial charge >= 0.3 is 0 Å². The van der Waals surface area contributed by atoms with Crippen molar-refractivity contribution in [2.24, 2.45) is 0 Å². The van der Waals surface area contributed by atoms with Crippen LogP contribution >= 0.6 is 35.6 Å². The molecule has 0 bridgehead atoms. The second kappa shape index (κ2) is 6.35. The third kappa shape index (κ3) is 10.7. The van der Waals surface area contributed by atoms with E-state index in [-0.39, 0.29) is 16.9 Å². The molecule has 0 saturated carbocycles. The van der Waals surface area contributed by atoms with Gasteiger partial charge in [-0.05, 0) is 6.08 Å². The van der Waals surface area contributed by atoms with Gasteiger partial charge < -0.3 is 0 Å². The fourth-order valence-corrected chi connectivity index (χ4v) is 0.267. The molecule has 0 atom stereocenters. The van der Waals surface area contributed by atoms with E-state index in [0.717, 1.165) is 0 Å². The zero-order valence-electron chi connectivity index (χ0n) is 3.53. The molecule has 0 aromatic heterocycles. The van der Waals surface area contributed by atoms with Gasteiger partial charge in [-0.1, -0.05) is 35.9 Å². The van der Waals surface area contributed by atoms with Gasteiger partial charge in [0.15, 0.2) is 0 Å². The van der Waals surface area contributed by atoms with Crippen LogP contribution in [0.2, 0.25) is 0 Å². The second-order valence-corrected chi connectivity index (χ2v) is 1.70. The summed E-state index contributed by atoms with van der Waals surface area (Å²) in [7, 11) is 0. The first-order chi connectivity index (χ1) is 2.77. The Morgan fingerprint density at radius 2 is 1.86 bits per heavy atom. The molecule has 0 radical (unpaired) electrons. The number of halogens is 3. The molecule has 0 amide bonds. The van der Waals surface area contributed by atoms with Crippen LogP contribution in [0.15, 0.2) is 23.2 Å². The van der Waals surface area contributed by atoms with Crippen molar-refractivity contribution in [3.63, 3.8) is 0 Å². The van der Waals surface area contributed by atoms with Crippen LogP contribution in [0.25, 0.3) is 0 Å². The van der Waals surface area contributed by atoms with Crippen molar-refractivity contribution in [2.45, 2.75) is 0 Å². The van der Waals surface area contributed by atoms with Crippen LogP contribution in [0.4, 0.5) is 0 Å². The van der Waals surface area contributed by atoms with E-state index in [1.54, 1.807) is 0 Å². The predicted molar refractivity (Wildman–Crippen MR) is 37.2 cm³/mol. The number of allylic oxidation sites excluding steroid dienone is 2. The predicted octanol–water partition coefficient (Wildman–Crippen LogP) is 2.91. The van der Waals surface area contributed by atoms with Gasteiger partial charge in [0.05, 0.1) is 0 Å². The van der Waals surface area contributed by atoms with Gasteiger partial charge in [0, 0.05) is 0 Å². The molecule has 0 aliphatic heterocycles. The minimum Gasteiger partial charge on any atom is -0.147 e.